The van der Waals surface area contributed by atoms with E-state index in [1.807, 2.05) is 0 Å². The van der Waals surface area contributed by atoms with E-state index in [0.29, 0.717) is 0 Å². The standard InChI is InChI=1S/2ClH.Na.Pd.H/h2*1H;;;/q;;+1;+2;-1/p-2. The number of hydrogen-bond acceptors (Lipinski definition) is 0. The maximum atomic E-state index is 0. The van der Waals surface area contributed by atoms with Crippen LogP contribution in [0.5, 0.6) is 0 Å². The van der Waals surface area contributed by atoms with E-state index in [1.165, 1.54) is 0 Å². The molecule has 4 heteroatoms. The SMILES string of the molecule is [Cl-].[Cl-].[H-].[Na+].[Pd+2]. The van der Waals surface area contributed by atoms with Crippen molar-refractivity contribution in [3.05, 3.63) is 0 Å². The fraction of sp³-hybridized carbons (Fsp3) is 0. The summed E-state index contributed by atoms with van der Waals surface area (Å²) in [5.41, 5.74) is 0. The first-order valence-corrected chi connectivity index (χ1v) is 0. The molecule has 4 heavy (non-hydrogen) atoms. The first kappa shape index (κ1) is 34.1. The minimum absolute atomic E-state index is 0. The molecule has 0 rings (SSSR count). The van der Waals surface area contributed by atoms with E-state index >= 15 is 0 Å². The Kier molecular flexibility index (Phi) is 160. The fourth-order valence-electron chi connectivity index (χ4n) is 0. The van der Waals surface area contributed by atoms with Gasteiger partial charge in [0.2, 0.25) is 0 Å². The van der Waals surface area contributed by atoms with Gasteiger partial charge < -0.3 is 26.2 Å². The number of hydrogen-bond donors (Lipinski definition) is 0. The molecule has 0 atom stereocenters. The molecule has 0 N–H and O–H groups in total. The third-order valence-electron chi connectivity index (χ3n) is 0. The Balaban J connectivity index is 0. The van der Waals surface area contributed by atoms with Gasteiger partial charge in [-0.1, -0.05) is 0 Å². The second kappa shape index (κ2) is 18.8. The van der Waals surface area contributed by atoms with E-state index in [1.54, 1.807) is 0 Å². The average molecular weight is 201 g/mol. The number of halogens is 2. The van der Waals surface area contributed by atoms with Gasteiger partial charge >= 0.3 is 50.0 Å². The Morgan fingerprint density at radius 3 is 1.00 bits per heavy atom. The van der Waals surface area contributed by atoms with E-state index < -0.39 is 0 Å². The van der Waals surface area contributed by atoms with E-state index in [4.69, 9.17) is 0 Å². The quantitative estimate of drug-likeness (QED) is 0.342. The number of rotatable bonds is 0. The Bertz CT molecular complexity index is 9.61. The Morgan fingerprint density at radius 1 is 1.00 bits per heavy atom. The van der Waals surface area contributed by atoms with Crippen LogP contribution in [0.15, 0.2) is 0 Å². The van der Waals surface area contributed by atoms with E-state index in [9.17, 15) is 0 Å². The fourth-order valence-corrected chi connectivity index (χ4v) is 0. The summed E-state index contributed by atoms with van der Waals surface area (Å²) in [4.78, 5) is 0. The molecule has 0 bridgehead atoms. The third kappa shape index (κ3) is 8.87. The van der Waals surface area contributed by atoms with Gasteiger partial charge in [0.1, 0.15) is 0 Å². The Labute approximate surface area is 75.4 Å². The van der Waals surface area contributed by atoms with Gasteiger partial charge in [0.15, 0.2) is 0 Å². The average Bonchev–Trinajstić information content (AvgIpc) is 0. The van der Waals surface area contributed by atoms with Crippen molar-refractivity contribution >= 4 is 0 Å². The summed E-state index contributed by atoms with van der Waals surface area (Å²) in [7, 11) is 0. The summed E-state index contributed by atoms with van der Waals surface area (Å²) in [6.45, 7) is 0. The zero-order valence-corrected chi connectivity index (χ0v) is 7.14. The molecule has 0 aliphatic heterocycles. The predicted octanol–water partition coefficient (Wildman–Crippen LogP) is -8.88. The summed E-state index contributed by atoms with van der Waals surface area (Å²) in [5.74, 6) is 0. The van der Waals surface area contributed by atoms with Crippen LogP contribution in [0.1, 0.15) is 1.43 Å². The van der Waals surface area contributed by atoms with Crippen molar-refractivity contribution in [2.45, 2.75) is 0 Å². The topological polar surface area (TPSA) is 0 Å². The largest absolute Gasteiger partial charge is 2.00 e. The Hall–Kier alpha value is 2.24. The molecule has 0 aromatic carbocycles. The molecule has 26 valence electrons. The molecule has 0 fully saturated rings. The maximum absolute atomic E-state index is 0. The third-order valence-corrected chi connectivity index (χ3v) is 0. The maximum Gasteiger partial charge on any atom is 2.00 e. The van der Waals surface area contributed by atoms with Crippen LogP contribution in [0.2, 0.25) is 0 Å². The molecule has 0 aromatic rings. The van der Waals surface area contributed by atoms with Crippen molar-refractivity contribution in [2.24, 2.45) is 0 Å². The van der Waals surface area contributed by atoms with E-state index in [-0.39, 0.29) is 76.2 Å². The normalized spacial score (nSPS) is 0. The minimum Gasteiger partial charge on any atom is -1.00 e. The van der Waals surface area contributed by atoms with Crippen LogP contribution in [-0.2, 0) is 20.4 Å². The second-order valence-corrected chi connectivity index (χ2v) is 0. The minimum atomic E-state index is 0. The van der Waals surface area contributed by atoms with Gasteiger partial charge in [0, 0.05) is 0 Å². The summed E-state index contributed by atoms with van der Waals surface area (Å²) >= 11 is 0. The molecule has 0 aliphatic carbocycles. The van der Waals surface area contributed by atoms with Crippen molar-refractivity contribution in [3.8, 4) is 0 Å². The van der Waals surface area contributed by atoms with Crippen LogP contribution in [-0.4, -0.2) is 0 Å². The van der Waals surface area contributed by atoms with Crippen LogP contribution >= 0.6 is 0 Å². The summed E-state index contributed by atoms with van der Waals surface area (Å²) in [5, 5.41) is 0. The molecule has 0 nitrogen and oxygen atoms in total. The van der Waals surface area contributed by atoms with Crippen molar-refractivity contribution in [2.75, 3.05) is 0 Å². The Morgan fingerprint density at radius 2 is 1.00 bits per heavy atom. The monoisotopic (exact) mass is 200 g/mol. The smallest absolute Gasteiger partial charge is 1.00 e. The van der Waals surface area contributed by atoms with Crippen molar-refractivity contribution < 1.29 is 76.2 Å². The van der Waals surface area contributed by atoms with Crippen LogP contribution in [0.3, 0.4) is 0 Å². The van der Waals surface area contributed by atoms with E-state index in [0.717, 1.165) is 0 Å². The van der Waals surface area contributed by atoms with Gasteiger partial charge in [-0.2, -0.15) is 0 Å². The van der Waals surface area contributed by atoms with Crippen LogP contribution in [0, 0.1) is 0 Å². The van der Waals surface area contributed by atoms with E-state index in [2.05, 4.69) is 0 Å². The van der Waals surface area contributed by atoms with Gasteiger partial charge in [-0.3, -0.25) is 0 Å². The molecular weight excluding hydrogens is 200 g/mol. The molecule has 0 saturated carbocycles. The summed E-state index contributed by atoms with van der Waals surface area (Å²) in [6.07, 6.45) is 0. The van der Waals surface area contributed by atoms with Gasteiger partial charge in [0.05, 0.1) is 0 Å². The van der Waals surface area contributed by atoms with Crippen molar-refractivity contribution in [1.82, 2.24) is 0 Å². The van der Waals surface area contributed by atoms with Crippen molar-refractivity contribution in [1.29, 1.82) is 0 Å². The second-order valence-electron chi connectivity index (χ2n) is 0. The van der Waals surface area contributed by atoms with Crippen molar-refractivity contribution in [3.63, 3.8) is 0 Å². The molecule has 0 spiro atoms. The molecular formula is HCl2NaPd. The van der Waals surface area contributed by atoms with Crippen LogP contribution in [0.25, 0.3) is 0 Å². The first-order chi connectivity index (χ1) is 0. The summed E-state index contributed by atoms with van der Waals surface area (Å²) in [6, 6.07) is 0. The van der Waals surface area contributed by atoms with Gasteiger partial charge in [-0.25, -0.2) is 0 Å². The molecule has 0 heterocycles. The van der Waals surface area contributed by atoms with Gasteiger partial charge in [-0.15, -0.1) is 0 Å². The molecule has 0 saturated heterocycles. The van der Waals surface area contributed by atoms with Gasteiger partial charge in [-0.05, 0) is 0 Å². The van der Waals surface area contributed by atoms with Gasteiger partial charge in [0.25, 0.3) is 0 Å². The van der Waals surface area contributed by atoms with Crippen LogP contribution in [0.4, 0.5) is 0 Å². The zero-order valence-electron chi connectivity index (χ0n) is 3.07. The molecule has 0 amide bonds. The van der Waals surface area contributed by atoms with Crippen LogP contribution < -0.4 is 54.4 Å². The molecule has 0 aliphatic rings. The first-order valence-electron chi connectivity index (χ1n) is 0. The predicted molar refractivity (Wildman–Crippen MR) is 1.11 cm³/mol. The molecule has 0 unspecified atom stereocenters. The molecule has 0 radical (unpaired) electrons. The zero-order chi connectivity index (χ0) is 0. The molecule has 0 aromatic heterocycles. The summed E-state index contributed by atoms with van der Waals surface area (Å²) < 4.78 is 0.